The molecule has 1 aromatic heterocycles. The normalized spacial score (nSPS) is 11.3. The molecule has 0 saturated carbocycles. The van der Waals surface area contributed by atoms with Crippen LogP contribution in [0.3, 0.4) is 0 Å². The summed E-state index contributed by atoms with van der Waals surface area (Å²) in [6.45, 7) is 8.90. The largest absolute Gasteiger partial charge is 0.490 e. The molecule has 0 fully saturated rings. The number of rotatable bonds is 12. The van der Waals surface area contributed by atoms with E-state index in [9.17, 15) is 14.7 Å². The number of carboxylic acid groups (broad SMARTS) is 1. The van der Waals surface area contributed by atoms with Crippen LogP contribution in [0.25, 0.3) is 10.8 Å². The molecule has 0 unspecified atom stereocenters. The highest BCUT2D eigenvalue weighted by atomic mass is 16.5. The average molecular weight is 541 g/mol. The first-order valence-corrected chi connectivity index (χ1v) is 13.6. The van der Waals surface area contributed by atoms with Gasteiger partial charge in [-0.1, -0.05) is 58.0 Å². The number of ether oxygens (including phenoxy) is 2. The maximum absolute atomic E-state index is 12.5. The van der Waals surface area contributed by atoms with Gasteiger partial charge in [-0.15, -0.1) is 0 Å². The highest BCUT2D eigenvalue weighted by Crippen LogP contribution is 2.29. The third-order valence-electron chi connectivity index (χ3n) is 6.37. The Bertz CT molecular complexity index is 1450. The lowest BCUT2D eigenvalue weighted by Gasteiger charge is -2.23. The van der Waals surface area contributed by atoms with Crippen LogP contribution in [-0.4, -0.2) is 28.1 Å². The zero-order chi connectivity index (χ0) is 28.6. The predicted octanol–water partition coefficient (Wildman–Crippen LogP) is 7.75. The summed E-state index contributed by atoms with van der Waals surface area (Å²) < 4.78 is 12.3. The smallest absolute Gasteiger partial charge is 0.337 e. The monoisotopic (exact) mass is 540 g/mol. The molecule has 1 heterocycles. The number of fused-ring (bicyclic) bond motifs is 1. The molecule has 3 aromatic carbocycles. The van der Waals surface area contributed by atoms with Crippen molar-refractivity contribution in [2.45, 2.75) is 53.1 Å². The van der Waals surface area contributed by atoms with E-state index in [1.54, 1.807) is 36.5 Å². The van der Waals surface area contributed by atoms with Crippen molar-refractivity contribution in [3.63, 3.8) is 0 Å². The number of nitrogens with zero attached hydrogens (tertiary/aromatic N) is 1. The molecule has 208 valence electrons. The van der Waals surface area contributed by atoms with E-state index in [0.29, 0.717) is 29.0 Å². The fraction of sp³-hybridized carbons (Fsp3) is 0.303. The summed E-state index contributed by atoms with van der Waals surface area (Å²) in [6.07, 6.45) is 3.88. The second kappa shape index (κ2) is 13.1. The van der Waals surface area contributed by atoms with Gasteiger partial charge in [-0.05, 0) is 77.4 Å². The standard InChI is InChI=1S/C33H36N2O5/c1-21(2)15-28(16-22(3)4)39-26-12-10-25-19-27(13-11-24(25)18-26)40-32-14-9-23(20-34-32)17-31(36)35-30-8-6-5-7-29(30)33(37)38/h5-14,18-22,28H,15-17H2,1-4H3,(H,35,36)(H,37,38). The minimum Gasteiger partial charge on any atom is -0.490 e. The molecule has 0 aliphatic rings. The van der Waals surface area contributed by atoms with Crippen molar-refractivity contribution < 1.29 is 24.2 Å². The number of carbonyl (C=O) groups excluding carboxylic acids is 1. The molecule has 0 aliphatic heterocycles. The Hall–Kier alpha value is -4.39. The molecule has 0 aliphatic carbocycles. The van der Waals surface area contributed by atoms with E-state index < -0.39 is 5.97 Å². The Balaban J connectivity index is 1.37. The average Bonchev–Trinajstić information content (AvgIpc) is 2.89. The SMILES string of the molecule is CC(C)CC(CC(C)C)Oc1ccc2cc(Oc3ccc(CC(=O)Nc4ccccc4C(=O)O)cn3)ccc2c1. The van der Waals surface area contributed by atoms with Gasteiger partial charge in [-0.25, -0.2) is 9.78 Å². The first-order valence-electron chi connectivity index (χ1n) is 13.6. The number of pyridine rings is 1. The van der Waals surface area contributed by atoms with E-state index >= 15 is 0 Å². The molecule has 0 spiro atoms. The van der Waals surface area contributed by atoms with E-state index in [4.69, 9.17) is 9.47 Å². The number of aromatic carboxylic acids is 1. The number of hydrogen-bond donors (Lipinski definition) is 2. The summed E-state index contributed by atoms with van der Waals surface area (Å²) in [5.74, 6) is 1.65. The Morgan fingerprint density at radius 2 is 1.50 bits per heavy atom. The van der Waals surface area contributed by atoms with Crippen molar-refractivity contribution in [3.8, 4) is 17.4 Å². The van der Waals surface area contributed by atoms with Gasteiger partial charge >= 0.3 is 5.97 Å². The van der Waals surface area contributed by atoms with Crippen LogP contribution in [0.15, 0.2) is 79.0 Å². The number of para-hydroxylation sites is 1. The summed E-state index contributed by atoms with van der Waals surface area (Å²) in [5.41, 5.74) is 0.976. The Morgan fingerprint density at radius 3 is 2.12 bits per heavy atom. The fourth-order valence-corrected chi connectivity index (χ4v) is 4.63. The van der Waals surface area contributed by atoms with Gasteiger partial charge in [-0.3, -0.25) is 4.79 Å². The number of hydrogen-bond acceptors (Lipinski definition) is 5. The van der Waals surface area contributed by atoms with Gasteiger partial charge in [0.15, 0.2) is 0 Å². The van der Waals surface area contributed by atoms with Crippen LogP contribution in [0.2, 0.25) is 0 Å². The second-order valence-electron chi connectivity index (χ2n) is 10.9. The number of carbonyl (C=O) groups is 2. The lowest BCUT2D eigenvalue weighted by atomic mass is 9.98. The molecule has 0 bridgehead atoms. The molecule has 0 atom stereocenters. The van der Waals surface area contributed by atoms with Gasteiger partial charge in [0.1, 0.15) is 11.5 Å². The van der Waals surface area contributed by atoms with Crippen LogP contribution >= 0.6 is 0 Å². The zero-order valence-electron chi connectivity index (χ0n) is 23.4. The minimum atomic E-state index is -1.10. The topological polar surface area (TPSA) is 97.8 Å². The number of anilines is 1. The number of benzene rings is 3. The Kier molecular flexibility index (Phi) is 9.38. The van der Waals surface area contributed by atoms with Crippen molar-refractivity contribution in [3.05, 3.63) is 90.1 Å². The van der Waals surface area contributed by atoms with Gasteiger partial charge in [0.05, 0.1) is 23.8 Å². The molecule has 7 heteroatoms. The third-order valence-corrected chi connectivity index (χ3v) is 6.37. The molecule has 2 N–H and O–H groups in total. The maximum atomic E-state index is 12.5. The van der Waals surface area contributed by atoms with Crippen LogP contribution in [-0.2, 0) is 11.2 Å². The highest BCUT2D eigenvalue weighted by molar-refractivity contribution is 6.01. The third kappa shape index (κ3) is 8.06. The summed E-state index contributed by atoms with van der Waals surface area (Å²) in [5, 5.41) is 14.0. The molecule has 0 radical (unpaired) electrons. The quantitative estimate of drug-likeness (QED) is 0.191. The summed E-state index contributed by atoms with van der Waals surface area (Å²) >= 11 is 0. The van der Waals surface area contributed by atoms with E-state index in [1.165, 1.54) is 6.07 Å². The van der Waals surface area contributed by atoms with Crippen molar-refractivity contribution in [2.75, 3.05) is 5.32 Å². The molecule has 40 heavy (non-hydrogen) atoms. The maximum Gasteiger partial charge on any atom is 0.337 e. The molecule has 1 amide bonds. The Morgan fingerprint density at radius 1 is 0.850 bits per heavy atom. The van der Waals surface area contributed by atoms with Gasteiger partial charge in [0.2, 0.25) is 11.8 Å². The first-order chi connectivity index (χ1) is 19.2. The lowest BCUT2D eigenvalue weighted by molar-refractivity contribution is -0.115. The van der Waals surface area contributed by atoms with E-state index in [-0.39, 0.29) is 29.7 Å². The molecular formula is C33H36N2O5. The zero-order valence-corrected chi connectivity index (χ0v) is 23.4. The van der Waals surface area contributed by atoms with Crippen LogP contribution in [0, 0.1) is 11.8 Å². The van der Waals surface area contributed by atoms with Crippen LogP contribution in [0.5, 0.6) is 17.4 Å². The fourth-order valence-electron chi connectivity index (χ4n) is 4.63. The summed E-state index contributed by atoms with van der Waals surface area (Å²) in [7, 11) is 0. The summed E-state index contributed by atoms with van der Waals surface area (Å²) in [4.78, 5) is 28.2. The van der Waals surface area contributed by atoms with Gasteiger partial charge < -0.3 is 19.9 Å². The summed E-state index contributed by atoms with van der Waals surface area (Å²) in [6, 6.07) is 21.7. The van der Waals surface area contributed by atoms with Crippen molar-refractivity contribution >= 4 is 28.3 Å². The molecule has 0 saturated heterocycles. The van der Waals surface area contributed by atoms with Gasteiger partial charge in [0, 0.05) is 12.3 Å². The first kappa shape index (κ1) is 28.6. The minimum absolute atomic E-state index is 0.0401. The molecule has 7 nitrogen and oxygen atoms in total. The van der Waals surface area contributed by atoms with Crippen LogP contribution in [0.1, 0.15) is 56.5 Å². The number of amides is 1. The second-order valence-corrected chi connectivity index (χ2v) is 10.9. The van der Waals surface area contributed by atoms with E-state index in [0.717, 1.165) is 29.4 Å². The molecule has 4 aromatic rings. The van der Waals surface area contributed by atoms with Crippen molar-refractivity contribution in [1.29, 1.82) is 0 Å². The lowest BCUT2D eigenvalue weighted by Crippen LogP contribution is -2.21. The molecular weight excluding hydrogens is 504 g/mol. The van der Waals surface area contributed by atoms with E-state index in [1.807, 2.05) is 30.3 Å². The van der Waals surface area contributed by atoms with Crippen molar-refractivity contribution in [1.82, 2.24) is 4.98 Å². The predicted molar refractivity (Wildman–Crippen MR) is 157 cm³/mol. The molecule has 4 rings (SSSR count). The van der Waals surface area contributed by atoms with Gasteiger partial charge in [0.25, 0.3) is 0 Å². The van der Waals surface area contributed by atoms with Gasteiger partial charge in [-0.2, -0.15) is 0 Å². The number of aromatic nitrogens is 1. The van der Waals surface area contributed by atoms with Crippen LogP contribution in [0.4, 0.5) is 5.69 Å². The Labute approximate surface area is 235 Å². The van der Waals surface area contributed by atoms with Crippen LogP contribution < -0.4 is 14.8 Å². The van der Waals surface area contributed by atoms with E-state index in [2.05, 4.69) is 44.1 Å². The highest BCUT2D eigenvalue weighted by Gasteiger charge is 2.16. The van der Waals surface area contributed by atoms with Crippen molar-refractivity contribution in [2.24, 2.45) is 11.8 Å². The number of nitrogens with one attached hydrogen (secondary N) is 1. The number of carboxylic acids is 1.